The van der Waals surface area contributed by atoms with E-state index in [0.29, 0.717) is 25.3 Å². The minimum Gasteiger partial charge on any atom is -0.349 e. The Morgan fingerprint density at radius 3 is 2.94 bits per heavy atom. The lowest BCUT2D eigenvalue weighted by molar-refractivity contribution is 0.0947. The summed E-state index contributed by atoms with van der Waals surface area (Å²) in [4.78, 5) is 19.7. The number of pyridine rings is 1. The fourth-order valence-corrected chi connectivity index (χ4v) is 1.49. The van der Waals surface area contributed by atoms with E-state index < -0.39 is 0 Å². The zero-order chi connectivity index (χ0) is 12.8. The summed E-state index contributed by atoms with van der Waals surface area (Å²) in [6.07, 6.45) is 6.88. The Balaban J connectivity index is 1.83. The molecule has 2 aromatic heterocycles. The second-order valence-corrected chi connectivity index (χ2v) is 3.81. The summed E-state index contributed by atoms with van der Waals surface area (Å²) < 4.78 is 1.89. The summed E-state index contributed by atoms with van der Waals surface area (Å²) in [6, 6.07) is 3.48. The molecule has 3 N–H and O–H groups in total. The molecule has 0 aliphatic carbocycles. The van der Waals surface area contributed by atoms with Crippen LogP contribution in [0.1, 0.15) is 16.1 Å². The molecule has 6 nitrogen and oxygen atoms in total. The Bertz CT molecular complexity index is 492. The molecule has 18 heavy (non-hydrogen) atoms. The molecule has 0 spiro atoms. The van der Waals surface area contributed by atoms with Crippen molar-refractivity contribution >= 4 is 5.91 Å². The molecule has 1 amide bonds. The van der Waals surface area contributed by atoms with Crippen LogP contribution < -0.4 is 11.1 Å². The lowest BCUT2D eigenvalue weighted by Gasteiger charge is -2.05. The van der Waals surface area contributed by atoms with Gasteiger partial charge in [0.25, 0.3) is 5.91 Å². The van der Waals surface area contributed by atoms with Crippen LogP contribution in [0.3, 0.4) is 0 Å². The maximum absolute atomic E-state index is 11.7. The smallest absolute Gasteiger partial charge is 0.269 e. The molecular weight excluding hydrogens is 230 g/mol. The molecule has 6 heteroatoms. The van der Waals surface area contributed by atoms with Crippen LogP contribution in [-0.2, 0) is 13.1 Å². The third kappa shape index (κ3) is 3.14. The predicted octanol–water partition coefficient (Wildman–Crippen LogP) is 0.167. The lowest BCUT2D eigenvalue weighted by atomic mass is 10.2. The maximum Gasteiger partial charge on any atom is 0.269 e. The Kier molecular flexibility index (Phi) is 4.03. The Labute approximate surface area is 105 Å². The monoisotopic (exact) mass is 245 g/mol. The summed E-state index contributed by atoms with van der Waals surface area (Å²) in [5, 5.41) is 2.79. The average Bonchev–Trinajstić information content (AvgIpc) is 2.92. The first-order valence-corrected chi connectivity index (χ1v) is 5.68. The fourth-order valence-electron chi connectivity index (χ4n) is 1.49. The molecule has 0 radical (unpaired) electrons. The fraction of sp³-hybridized carbons (Fsp3) is 0.250. The van der Waals surface area contributed by atoms with Crippen LogP contribution in [0, 0.1) is 0 Å². The maximum atomic E-state index is 11.7. The Hall–Kier alpha value is -2.21. The predicted molar refractivity (Wildman–Crippen MR) is 66.7 cm³/mol. The van der Waals surface area contributed by atoms with Gasteiger partial charge in [0.1, 0.15) is 5.69 Å². The highest BCUT2D eigenvalue weighted by molar-refractivity contribution is 5.92. The van der Waals surface area contributed by atoms with E-state index in [2.05, 4.69) is 15.3 Å². The number of hydrogen-bond donors (Lipinski definition) is 2. The highest BCUT2D eigenvalue weighted by Gasteiger charge is 2.05. The molecule has 2 rings (SSSR count). The molecule has 0 bridgehead atoms. The minimum atomic E-state index is -0.182. The van der Waals surface area contributed by atoms with E-state index in [4.69, 9.17) is 5.73 Å². The van der Waals surface area contributed by atoms with Gasteiger partial charge in [-0.15, -0.1) is 0 Å². The highest BCUT2D eigenvalue weighted by atomic mass is 16.1. The quantitative estimate of drug-likeness (QED) is 0.786. The number of nitrogens with two attached hydrogens (primary N) is 1. The number of rotatable bonds is 5. The van der Waals surface area contributed by atoms with Crippen molar-refractivity contribution in [1.29, 1.82) is 0 Å². The van der Waals surface area contributed by atoms with E-state index in [1.165, 1.54) is 0 Å². The van der Waals surface area contributed by atoms with Gasteiger partial charge >= 0.3 is 0 Å². The summed E-state index contributed by atoms with van der Waals surface area (Å²) in [5.74, 6) is -0.182. The number of carbonyl (C=O) groups excluding carboxylic acids is 1. The van der Waals surface area contributed by atoms with E-state index in [1.807, 2.05) is 10.8 Å². The van der Waals surface area contributed by atoms with Gasteiger partial charge in [0.2, 0.25) is 0 Å². The van der Waals surface area contributed by atoms with Crippen molar-refractivity contribution in [3.8, 4) is 0 Å². The number of hydrogen-bond acceptors (Lipinski definition) is 4. The van der Waals surface area contributed by atoms with Crippen molar-refractivity contribution in [2.24, 2.45) is 5.73 Å². The summed E-state index contributed by atoms with van der Waals surface area (Å²) in [7, 11) is 0. The van der Waals surface area contributed by atoms with Gasteiger partial charge in [0, 0.05) is 38.2 Å². The van der Waals surface area contributed by atoms with E-state index in [0.717, 1.165) is 5.56 Å². The topological polar surface area (TPSA) is 85.8 Å². The zero-order valence-electron chi connectivity index (χ0n) is 9.91. The third-order valence-corrected chi connectivity index (χ3v) is 2.51. The van der Waals surface area contributed by atoms with Crippen LogP contribution in [0.4, 0.5) is 0 Å². The molecule has 2 aromatic rings. The Morgan fingerprint density at radius 2 is 2.33 bits per heavy atom. The van der Waals surface area contributed by atoms with Gasteiger partial charge < -0.3 is 15.6 Å². The van der Waals surface area contributed by atoms with Crippen molar-refractivity contribution in [2.75, 3.05) is 6.54 Å². The van der Waals surface area contributed by atoms with Crippen LogP contribution in [0.5, 0.6) is 0 Å². The van der Waals surface area contributed by atoms with Crippen molar-refractivity contribution in [3.05, 3.63) is 48.3 Å². The molecule has 94 valence electrons. The zero-order valence-corrected chi connectivity index (χ0v) is 9.91. The summed E-state index contributed by atoms with van der Waals surface area (Å²) in [6.45, 7) is 1.65. The van der Waals surface area contributed by atoms with Crippen molar-refractivity contribution in [1.82, 2.24) is 19.9 Å². The van der Waals surface area contributed by atoms with Gasteiger partial charge in [-0.3, -0.25) is 9.78 Å². The molecule has 0 unspecified atom stereocenters. The standard InChI is InChI=1S/C12H15N5O/c13-7-10-1-2-11(16-8-10)12(18)15-4-6-17-5-3-14-9-17/h1-3,5,8-9H,4,6-7,13H2,(H,15,18). The molecule has 0 aromatic carbocycles. The first-order chi connectivity index (χ1) is 8.79. The first kappa shape index (κ1) is 12.3. The summed E-state index contributed by atoms with van der Waals surface area (Å²) in [5.41, 5.74) is 6.77. The van der Waals surface area contributed by atoms with Gasteiger partial charge in [-0.2, -0.15) is 0 Å². The van der Waals surface area contributed by atoms with Gasteiger partial charge in [0.05, 0.1) is 6.33 Å². The van der Waals surface area contributed by atoms with Crippen LogP contribution in [0.2, 0.25) is 0 Å². The van der Waals surface area contributed by atoms with Gasteiger partial charge in [0.15, 0.2) is 0 Å². The van der Waals surface area contributed by atoms with Crippen molar-refractivity contribution < 1.29 is 4.79 Å². The van der Waals surface area contributed by atoms with Gasteiger partial charge in [-0.25, -0.2) is 4.98 Å². The van der Waals surface area contributed by atoms with Crippen LogP contribution in [-0.4, -0.2) is 27.0 Å². The van der Waals surface area contributed by atoms with Gasteiger partial charge in [-0.1, -0.05) is 6.07 Å². The number of amides is 1. The van der Waals surface area contributed by atoms with Crippen molar-refractivity contribution in [2.45, 2.75) is 13.1 Å². The van der Waals surface area contributed by atoms with E-state index in [-0.39, 0.29) is 5.91 Å². The molecule has 0 saturated carbocycles. The second kappa shape index (κ2) is 5.92. The van der Waals surface area contributed by atoms with E-state index >= 15 is 0 Å². The SMILES string of the molecule is NCc1ccc(C(=O)NCCn2ccnc2)nc1. The molecule has 0 aliphatic rings. The normalized spacial score (nSPS) is 10.3. The molecule has 0 atom stereocenters. The second-order valence-electron chi connectivity index (χ2n) is 3.81. The number of nitrogens with one attached hydrogen (secondary N) is 1. The molecule has 0 fully saturated rings. The Morgan fingerprint density at radius 1 is 1.44 bits per heavy atom. The number of aromatic nitrogens is 3. The molecular formula is C12H15N5O. The molecule has 2 heterocycles. The number of imidazole rings is 1. The van der Waals surface area contributed by atoms with Crippen LogP contribution in [0.15, 0.2) is 37.1 Å². The minimum absolute atomic E-state index is 0.182. The lowest BCUT2D eigenvalue weighted by Crippen LogP contribution is -2.27. The molecule has 0 aliphatic heterocycles. The third-order valence-electron chi connectivity index (χ3n) is 2.51. The number of nitrogens with zero attached hydrogens (tertiary/aromatic N) is 3. The van der Waals surface area contributed by atoms with Crippen LogP contribution >= 0.6 is 0 Å². The average molecular weight is 245 g/mol. The van der Waals surface area contributed by atoms with E-state index in [9.17, 15) is 4.79 Å². The number of carbonyl (C=O) groups is 1. The van der Waals surface area contributed by atoms with Crippen LogP contribution in [0.25, 0.3) is 0 Å². The summed E-state index contributed by atoms with van der Waals surface area (Å²) >= 11 is 0. The van der Waals surface area contributed by atoms with Crippen molar-refractivity contribution in [3.63, 3.8) is 0 Å². The van der Waals surface area contributed by atoms with E-state index in [1.54, 1.807) is 30.9 Å². The molecule has 0 saturated heterocycles. The largest absolute Gasteiger partial charge is 0.349 e. The first-order valence-electron chi connectivity index (χ1n) is 5.68. The highest BCUT2D eigenvalue weighted by Crippen LogP contribution is 1.99. The van der Waals surface area contributed by atoms with Gasteiger partial charge in [-0.05, 0) is 11.6 Å².